The summed E-state index contributed by atoms with van der Waals surface area (Å²) in [6.45, 7) is 0. The van der Waals surface area contributed by atoms with Crippen LogP contribution in [0.25, 0.3) is 23.3 Å². The summed E-state index contributed by atoms with van der Waals surface area (Å²) in [7, 11) is 0. The second kappa shape index (κ2) is 16.1. The van der Waals surface area contributed by atoms with Crippen molar-refractivity contribution in [1.29, 1.82) is 0 Å². The molecule has 0 heterocycles. The topological polar surface area (TPSA) is 0 Å². The monoisotopic (exact) mass is 408 g/mol. The maximum absolute atomic E-state index is 2.12. The molecule has 2 heteroatoms. The van der Waals surface area contributed by atoms with E-state index in [0.717, 1.165) is 0 Å². The Kier molecular flexibility index (Phi) is 14.2. The Morgan fingerprint density at radius 3 is 0.933 bits per heavy atom. The van der Waals surface area contributed by atoms with Crippen molar-refractivity contribution in [2.75, 3.05) is 0 Å². The third-order valence-corrected chi connectivity index (χ3v) is 4.17. The van der Waals surface area contributed by atoms with E-state index in [0.29, 0.717) is 0 Å². The van der Waals surface area contributed by atoms with Crippen molar-refractivity contribution in [3.05, 3.63) is 145 Å². The largest absolute Gasteiger partial charge is 1.00 e. The van der Waals surface area contributed by atoms with Gasteiger partial charge in [-0.1, -0.05) is 146 Å². The molecule has 0 aromatic heterocycles. The van der Waals surface area contributed by atoms with Gasteiger partial charge in [-0.25, -0.2) is 0 Å². The van der Waals surface area contributed by atoms with Crippen LogP contribution in [0.15, 0.2) is 133 Å². The quantitative estimate of drug-likeness (QED) is 0.358. The van der Waals surface area contributed by atoms with E-state index < -0.39 is 0 Å². The Bertz CT molecular complexity index is 904. The molecule has 0 aliphatic heterocycles. The summed E-state index contributed by atoms with van der Waals surface area (Å²) < 4.78 is 0. The van der Waals surface area contributed by atoms with E-state index in [9.17, 15) is 0 Å². The van der Waals surface area contributed by atoms with Crippen molar-refractivity contribution in [3.8, 4) is 11.1 Å². The van der Waals surface area contributed by atoms with Crippen LogP contribution in [-0.2, 0) is 0 Å². The van der Waals surface area contributed by atoms with Crippen LogP contribution >= 0.6 is 0 Å². The van der Waals surface area contributed by atoms with Gasteiger partial charge < -0.3 is 2.85 Å². The molecular weight excluding hydrogens is 382 g/mol. The fourth-order valence-corrected chi connectivity index (χ4v) is 2.72. The Morgan fingerprint density at radius 2 is 0.633 bits per heavy atom. The second-order valence-electron chi connectivity index (χ2n) is 6.27. The van der Waals surface area contributed by atoms with Gasteiger partial charge in [0.05, 0.1) is 0 Å². The summed E-state index contributed by atoms with van der Waals surface area (Å²) in [4.78, 5) is 0. The third kappa shape index (κ3) is 9.91. The molecule has 0 N–H and O–H groups in total. The van der Waals surface area contributed by atoms with Crippen LogP contribution in [0.4, 0.5) is 0 Å². The fourth-order valence-electron chi connectivity index (χ4n) is 2.72. The first kappa shape index (κ1) is 26.4. The Hall–Kier alpha value is -1.64. The van der Waals surface area contributed by atoms with Crippen molar-refractivity contribution < 1.29 is 62.0 Å². The molecule has 0 unspecified atom stereocenters. The van der Waals surface area contributed by atoms with E-state index in [1.165, 1.54) is 22.3 Å². The molecule has 0 bridgehead atoms. The van der Waals surface area contributed by atoms with Crippen LogP contribution in [0.5, 0.6) is 0 Å². The zero-order chi connectivity index (χ0) is 19.3. The van der Waals surface area contributed by atoms with E-state index in [1.54, 1.807) is 0 Å². The minimum Gasteiger partial charge on any atom is -1.00 e. The minimum atomic E-state index is 0. The minimum absolute atomic E-state index is 0. The van der Waals surface area contributed by atoms with Gasteiger partial charge in [0.15, 0.2) is 0 Å². The van der Waals surface area contributed by atoms with Crippen molar-refractivity contribution in [2.45, 2.75) is 0 Å². The molecule has 0 saturated carbocycles. The van der Waals surface area contributed by atoms with Gasteiger partial charge in [0, 0.05) is 0 Å². The molecule has 0 aliphatic carbocycles. The van der Waals surface area contributed by atoms with Gasteiger partial charge in [0.25, 0.3) is 0 Å². The molecule has 0 fully saturated rings. The van der Waals surface area contributed by atoms with Crippen LogP contribution < -0.4 is 59.1 Å². The molecule has 0 nitrogen and oxygen atoms in total. The molecule has 4 rings (SSSR count). The molecule has 0 radical (unpaired) electrons. The Balaban J connectivity index is 0. The molecule has 4 aromatic rings. The third-order valence-electron chi connectivity index (χ3n) is 4.17. The number of benzene rings is 4. The maximum Gasteiger partial charge on any atom is 1.00 e. The zero-order valence-electron chi connectivity index (χ0n) is 19.9. The maximum atomic E-state index is 2.12. The summed E-state index contributed by atoms with van der Waals surface area (Å²) in [6.07, 6.45) is 8.31. The summed E-state index contributed by atoms with van der Waals surface area (Å²) in [5, 5.41) is 0. The van der Waals surface area contributed by atoms with Gasteiger partial charge in [0.2, 0.25) is 0 Å². The SMILES string of the molecule is C(/C=C/c1ccccc1)=C\c1ccccc1.[H-].[H-].[Na+].[Na+].c1ccc(-c2ccccc2)cc1. The molecule has 4 aromatic carbocycles. The van der Waals surface area contributed by atoms with E-state index in [4.69, 9.17) is 0 Å². The van der Waals surface area contributed by atoms with Crippen LogP contribution in [0.3, 0.4) is 0 Å². The molecule has 0 aliphatic rings. The molecule has 0 spiro atoms. The smallest absolute Gasteiger partial charge is 1.00 e. The molecule has 30 heavy (non-hydrogen) atoms. The van der Waals surface area contributed by atoms with Crippen LogP contribution in [0.1, 0.15) is 14.0 Å². The average molecular weight is 408 g/mol. The summed E-state index contributed by atoms with van der Waals surface area (Å²) >= 11 is 0. The fraction of sp³-hybridized carbons (Fsp3) is 0. The van der Waals surface area contributed by atoms with E-state index >= 15 is 0 Å². The van der Waals surface area contributed by atoms with Crippen LogP contribution in [0, 0.1) is 0 Å². The summed E-state index contributed by atoms with van der Waals surface area (Å²) in [5.41, 5.74) is 5.00. The predicted molar refractivity (Wildman–Crippen MR) is 125 cm³/mol. The summed E-state index contributed by atoms with van der Waals surface area (Å²) in [5.74, 6) is 0. The van der Waals surface area contributed by atoms with Crippen molar-refractivity contribution in [3.63, 3.8) is 0 Å². The number of allylic oxidation sites excluding steroid dienone is 2. The first-order valence-electron chi connectivity index (χ1n) is 9.47. The van der Waals surface area contributed by atoms with Gasteiger partial charge in [-0.2, -0.15) is 0 Å². The molecule has 140 valence electrons. The van der Waals surface area contributed by atoms with Crippen LogP contribution in [-0.4, -0.2) is 0 Å². The van der Waals surface area contributed by atoms with E-state index in [1.807, 2.05) is 48.5 Å². The molecular formula is C28H26Na2. The summed E-state index contributed by atoms with van der Waals surface area (Å²) in [6, 6.07) is 41.4. The zero-order valence-corrected chi connectivity index (χ0v) is 21.9. The van der Waals surface area contributed by atoms with Crippen molar-refractivity contribution in [1.82, 2.24) is 0 Å². The average Bonchev–Trinajstić information content (AvgIpc) is 2.80. The van der Waals surface area contributed by atoms with Crippen LogP contribution in [0.2, 0.25) is 0 Å². The molecule has 0 atom stereocenters. The van der Waals surface area contributed by atoms with Gasteiger partial charge in [-0.15, -0.1) is 0 Å². The number of rotatable bonds is 4. The number of hydrogen-bond acceptors (Lipinski definition) is 0. The van der Waals surface area contributed by atoms with Gasteiger partial charge in [-0.3, -0.25) is 0 Å². The first-order chi connectivity index (χ1) is 13.9. The Morgan fingerprint density at radius 1 is 0.367 bits per heavy atom. The van der Waals surface area contributed by atoms with Crippen molar-refractivity contribution in [2.24, 2.45) is 0 Å². The standard InChI is InChI=1S/C16H14.C12H10.2Na.2H/c1-3-9-15(10-4-1)13-7-8-14-16-11-5-2-6-12-16;1-3-7-11(8-4-1)12-9-5-2-6-10-12;;;;/h1-14H;1-10H;;;;/q;;2*+1;2*-1/b13-7+,14-8+;;;;;. The van der Waals surface area contributed by atoms with Gasteiger partial charge in [-0.05, 0) is 22.3 Å². The van der Waals surface area contributed by atoms with Gasteiger partial charge >= 0.3 is 59.1 Å². The van der Waals surface area contributed by atoms with Crippen molar-refractivity contribution >= 4 is 12.2 Å². The molecule has 0 amide bonds. The first-order valence-corrected chi connectivity index (χ1v) is 9.47. The van der Waals surface area contributed by atoms with E-state index in [2.05, 4.69) is 97.1 Å². The second-order valence-corrected chi connectivity index (χ2v) is 6.27. The number of hydrogen-bond donors (Lipinski definition) is 0. The van der Waals surface area contributed by atoms with E-state index in [-0.39, 0.29) is 62.0 Å². The predicted octanol–water partition coefficient (Wildman–Crippen LogP) is 2.00. The van der Waals surface area contributed by atoms with Gasteiger partial charge in [0.1, 0.15) is 0 Å². The normalized spacial score (nSPS) is 9.87. The molecule has 0 saturated heterocycles. The Labute approximate surface area is 227 Å².